The van der Waals surface area contributed by atoms with Crippen LogP contribution in [0.4, 0.5) is 0 Å². The van der Waals surface area contributed by atoms with Crippen LogP contribution in [0.1, 0.15) is 35.3 Å². The maximum Gasteiger partial charge on any atom is 0.359 e. The number of aromatic nitrogens is 2. The number of ether oxygens (including phenoxy) is 1. The summed E-state index contributed by atoms with van der Waals surface area (Å²) in [6, 6.07) is 0.169. The van der Waals surface area contributed by atoms with Crippen LogP contribution >= 0.6 is 0 Å². The fraction of sp³-hybridized carbons (Fsp3) is 0.600. The summed E-state index contributed by atoms with van der Waals surface area (Å²) >= 11 is 0. The van der Waals surface area contributed by atoms with E-state index in [0.717, 1.165) is 12.0 Å². The lowest BCUT2D eigenvalue weighted by Crippen LogP contribution is -2.09. The summed E-state index contributed by atoms with van der Waals surface area (Å²) in [6.45, 7) is 2.15. The number of esters is 1. The second kappa shape index (κ2) is 3.66. The molecular weight excluding hydrogens is 194 g/mol. The third-order valence-electron chi connectivity index (χ3n) is 2.57. The molecule has 0 unspecified atom stereocenters. The molecule has 0 bridgehead atoms. The van der Waals surface area contributed by atoms with E-state index in [0.29, 0.717) is 12.3 Å². The first kappa shape index (κ1) is 10.2. The molecule has 2 N–H and O–H groups in total. The second-order valence-corrected chi connectivity index (χ2v) is 3.83. The average Bonchev–Trinajstić information content (AvgIpc) is 2.75. The zero-order chi connectivity index (χ0) is 11.0. The Morgan fingerprint density at radius 1 is 1.80 bits per heavy atom. The van der Waals surface area contributed by atoms with Gasteiger partial charge < -0.3 is 10.5 Å². The Kier molecular flexibility index (Phi) is 2.48. The molecule has 0 aliphatic heterocycles. The predicted molar refractivity (Wildman–Crippen MR) is 54.5 cm³/mol. The maximum atomic E-state index is 11.6. The first-order valence-electron chi connectivity index (χ1n) is 5.09. The summed E-state index contributed by atoms with van der Waals surface area (Å²) in [5.74, 6) is -0.0784. The van der Waals surface area contributed by atoms with Crippen LogP contribution in [0, 0.1) is 0 Å². The molecule has 1 heterocycles. The summed E-state index contributed by atoms with van der Waals surface area (Å²) in [5.41, 5.74) is 7.10. The van der Waals surface area contributed by atoms with Gasteiger partial charge in [0.2, 0.25) is 0 Å². The molecule has 0 radical (unpaired) electrons. The lowest BCUT2D eigenvalue weighted by Gasteiger charge is -2.00. The number of nitrogens with zero attached hydrogens (tertiary/aromatic N) is 2. The van der Waals surface area contributed by atoms with Crippen LogP contribution in [0.2, 0.25) is 0 Å². The van der Waals surface area contributed by atoms with Crippen molar-refractivity contribution in [1.29, 1.82) is 0 Å². The summed E-state index contributed by atoms with van der Waals surface area (Å²) in [6.07, 6.45) is 2.78. The van der Waals surface area contributed by atoms with Crippen molar-refractivity contribution in [3.05, 3.63) is 17.5 Å². The normalized spacial score (nSPS) is 23.9. The highest BCUT2D eigenvalue weighted by Gasteiger charge is 2.39. The van der Waals surface area contributed by atoms with Crippen molar-refractivity contribution in [3.63, 3.8) is 0 Å². The summed E-state index contributed by atoms with van der Waals surface area (Å²) in [5, 5.41) is 4.11. The fourth-order valence-corrected chi connectivity index (χ4v) is 1.71. The minimum absolute atomic E-state index is 0.169. The van der Waals surface area contributed by atoms with E-state index < -0.39 is 0 Å². The number of aryl methyl sites for hydroxylation is 1. The van der Waals surface area contributed by atoms with Gasteiger partial charge in [-0.3, -0.25) is 4.68 Å². The van der Waals surface area contributed by atoms with Gasteiger partial charge in [0.25, 0.3) is 0 Å². The third kappa shape index (κ3) is 1.87. The van der Waals surface area contributed by atoms with Crippen molar-refractivity contribution in [1.82, 2.24) is 9.78 Å². The summed E-state index contributed by atoms with van der Waals surface area (Å²) < 4.78 is 6.57. The van der Waals surface area contributed by atoms with Gasteiger partial charge in [0.05, 0.1) is 6.61 Å². The van der Waals surface area contributed by atoms with Gasteiger partial charge in [0.15, 0.2) is 5.69 Å². The van der Waals surface area contributed by atoms with Gasteiger partial charge >= 0.3 is 5.97 Å². The minimum atomic E-state index is -0.354. The lowest BCUT2D eigenvalue weighted by molar-refractivity contribution is 0.0517. The highest BCUT2D eigenvalue weighted by molar-refractivity contribution is 5.89. The molecular formula is C10H15N3O2. The highest BCUT2D eigenvalue weighted by atomic mass is 16.5. The molecule has 2 atom stereocenters. The Morgan fingerprint density at radius 2 is 2.47 bits per heavy atom. The monoisotopic (exact) mass is 209 g/mol. The molecule has 1 fully saturated rings. The molecule has 15 heavy (non-hydrogen) atoms. The van der Waals surface area contributed by atoms with Crippen molar-refractivity contribution < 1.29 is 9.53 Å². The van der Waals surface area contributed by atoms with Gasteiger partial charge in [-0.2, -0.15) is 5.10 Å². The molecule has 1 saturated carbocycles. The van der Waals surface area contributed by atoms with Crippen molar-refractivity contribution >= 4 is 5.97 Å². The molecule has 82 valence electrons. The van der Waals surface area contributed by atoms with E-state index >= 15 is 0 Å². The number of carbonyl (C=O) groups is 1. The molecule has 1 aliphatic rings. The van der Waals surface area contributed by atoms with E-state index in [-0.39, 0.29) is 17.9 Å². The van der Waals surface area contributed by atoms with E-state index in [2.05, 4.69) is 5.10 Å². The van der Waals surface area contributed by atoms with Gasteiger partial charge in [-0.1, -0.05) is 0 Å². The van der Waals surface area contributed by atoms with Gasteiger partial charge in [-0.25, -0.2) is 4.79 Å². The Bertz CT molecular complexity index is 386. The minimum Gasteiger partial charge on any atom is -0.461 e. The number of carbonyl (C=O) groups excluding carboxylic acids is 1. The molecule has 1 aromatic rings. The highest BCUT2D eigenvalue weighted by Crippen LogP contribution is 2.40. The quantitative estimate of drug-likeness (QED) is 0.732. The van der Waals surface area contributed by atoms with Crippen LogP contribution in [-0.4, -0.2) is 28.4 Å². The maximum absolute atomic E-state index is 11.6. The molecule has 0 saturated heterocycles. The molecule has 0 spiro atoms. The Hall–Kier alpha value is -1.36. The van der Waals surface area contributed by atoms with Crippen molar-refractivity contribution in [2.45, 2.75) is 25.3 Å². The van der Waals surface area contributed by atoms with Crippen LogP contribution < -0.4 is 5.73 Å². The fourth-order valence-electron chi connectivity index (χ4n) is 1.71. The molecule has 1 aliphatic carbocycles. The van der Waals surface area contributed by atoms with Crippen LogP contribution in [-0.2, 0) is 11.8 Å². The summed E-state index contributed by atoms with van der Waals surface area (Å²) in [4.78, 5) is 11.6. The molecule has 5 heteroatoms. The van der Waals surface area contributed by atoms with Crippen LogP contribution in [0.5, 0.6) is 0 Å². The number of rotatable bonds is 3. The Balaban J connectivity index is 2.25. The van der Waals surface area contributed by atoms with E-state index in [1.54, 1.807) is 18.7 Å². The molecule has 1 aromatic heterocycles. The summed E-state index contributed by atoms with van der Waals surface area (Å²) in [7, 11) is 1.79. The number of hydrogen-bond acceptors (Lipinski definition) is 4. The van der Waals surface area contributed by atoms with E-state index in [9.17, 15) is 4.79 Å². The average molecular weight is 209 g/mol. The second-order valence-electron chi connectivity index (χ2n) is 3.83. The van der Waals surface area contributed by atoms with Crippen LogP contribution in [0.15, 0.2) is 6.20 Å². The SMILES string of the molecule is CCOC(=O)c1nn(C)cc1[C@@H]1C[C@H]1N. The first-order valence-corrected chi connectivity index (χ1v) is 5.09. The number of nitrogens with two attached hydrogens (primary N) is 1. The molecule has 0 aromatic carbocycles. The largest absolute Gasteiger partial charge is 0.461 e. The Labute approximate surface area is 88.2 Å². The smallest absolute Gasteiger partial charge is 0.359 e. The van der Waals surface area contributed by atoms with Gasteiger partial charge in [0.1, 0.15) is 0 Å². The van der Waals surface area contributed by atoms with E-state index in [4.69, 9.17) is 10.5 Å². The first-order chi connectivity index (χ1) is 7.13. The lowest BCUT2D eigenvalue weighted by atomic mass is 10.1. The molecule has 5 nitrogen and oxygen atoms in total. The Morgan fingerprint density at radius 3 is 3.00 bits per heavy atom. The van der Waals surface area contributed by atoms with E-state index in [1.165, 1.54) is 0 Å². The molecule has 0 amide bonds. The zero-order valence-corrected chi connectivity index (χ0v) is 8.93. The van der Waals surface area contributed by atoms with Crippen molar-refractivity contribution in [2.24, 2.45) is 12.8 Å². The predicted octanol–water partition coefficient (Wildman–Crippen LogP) is 0.411. The zero-order valence-electron chi connectivity index (χ0n) is 8.93. The number of hydrogen-bond donors (Lipinski definition) is 1. The third-order valence-corrected chi connectivity index (χ3v) is 2.57. The molecule has 2 rings (SSSR count). The van der Waals surface area contributed by atoms with Gasteiger partial charge in [0, 0.05) is 30.8 Å². The standard InChI is InChI=1S/C10H15N3O2/c1-3-15-10(14)9-7(5-13(2)12-9)6-4-8(6)11/h5-6,8H,3-4,11H2,1-2H3/t6-,8+/m0/s1. The van der Waals surface area contributed by atoms with Gasteiger partial charge in [-0.05, 0) is 13.3 Å². The van der Waals surface area contributed by atoms with Gasteiger partial charge in [-0.15, -0.1) is 0 Å². The van der Waals surface area contributed by atoms with E-state index in [1.807, 2.05) is 6.20 Å². The van der Waals surface area contributed by atoms with Crippen LogP contribution in [0.3, 0.4) is 0 Å². The van der Waals surface area contributed by atoms with Crippen molar-refractivity contribution in [2.75, 3.05) is 6.61 Å². The van der Waals surface area contributed by atoms with Crippen molar-refractivity contribution in [3.8, 4) is 0 Å². The van der Waals surface area contributed by atoms with Crippen LogP contribution in [0.25, 0.3) is 0 Å². The topological polar surface area (TPSA) is 70.1 Å².